The minimum absolute atomic E-state index is 0.0123. The predicted octanol–water partition coefficient (Wildman–Crippen LogP) is 4.72. The molecule has 8 nitrogen and oxygen atoms in total. The van der Waals surface area contributed by atoms with Crippen LogP contribution in [0.5, 0.6) is 0 Å². The maximum atomic E-state index is 12.8. The molecule has 0 aromatic heterocycles. The minimum Gasteiger partial charge on any atom is -0.444 e. The zero-order valence-electron chi connectivity index (χ0n) is 21.2. The van der Waals surface area contributed by atoms with Gasteiger partial charge in [-0.1, -0.05) is 6.08 Å². The molecule has 0 spiro atoms. The number of anilines is 1. The Hall–Kier alpha value is -2.78. The summed E-state index contributed by atoms with van der Waals surface area (Å²) in [6, 6.07) is 7.88. The minimum atomic E-state index is -0.521. The van der Waals surface area contributed by atoms with Crippen LogP contribution in [0, 0.1) is 11.8 Å². The van der Waals surface area contributed by atoms with Gasteiger partial charge < -0.3 is 9.64 Å². The van der Waals surface area contributed by atoms with Crippen molar-refractivity contribution in [2.24, 2.45) is 16.9 Å². The Balaban J connectivity index is 1.11. The van der Waals surface area contributed by atoms with Crippen molar-refractivity contribution >= 4 is 35.9 Å². The second kappa shape index (κ2) is 10.3. The van der Waals surface area contributed by atoms with Gasteiger partial charge in [-0.05, 0) is 93.8 Å². The second-order valence-corrected chi connectivity index (χ2v) is 11.9. The first-order valence-corrected chi connectivity index (χ1v) is 13.6. The number of hydrogen-bond donors (Lipinski definition) is 1. The molecule has 1 aromatic rings. The first kappa shape index (κ1) is 24.9. The number of rotatable bonds is 5. The van der Waals surface area contributed by atoms with Gasteiger partial charge in [0, 0.05) is 49.2 Å². The van der Waals surface area contributed by atoms with Crippen LogP contribution in [0.3, 0.4) is 0 Å². The van der Waals surface area contributed by atoms with E-state index in [0.29, 0.717) is 5.92 Å². The van der Waals surface area contributed by atoms with Gasteiger partial charge in [-0.25, -0.2) is 9.10 Å². The predicted molar refractivity (Wildman–Crippen MR) is 142 cm³/mol. The molecule has 4 aliphatic heterocycles. The van der Waals surface area contributed by atoms with Gasteiger partial charge in [0.2, 0.25) is 5.91 Å². The van der Waals surface area contributed by atoms with Crippen LogP contribution < -0.4 is 5.32 Å². The molecule has 9 heteroatoms. The zero-order valence-corrected chi connectivity index (χ0v) is 22.0. The molecule has 0 aliphatic carbocycles. The van der Waals surface area contributed by atoms with Crippen molar-refractivity contribution in [3.8, 4) is 0 Å². The molecule has 1 N–H and O–H groups in total. The monoisotopic (exact) mass is 509 g/mol. The van der Waals surface area contributed by atoms with E-state index in [4.69, 9.17) is 4.74 Å². The topological polar surface area (TPSA) is 77.5 Å². The number of fused-ring (bicyclic) bond motifs is 1. The van der Waals surface area contributed by atoms with Crippen molar-refractivity contribution in [2.45, 2.75) is 56.6 Å². The summed E-state index contributed by atoms with van der Waals surface area (Å²) in [5.41, 5.74) is 1.54. The normalized spacial score (nSPS) is 24.2. The highest BCUT2D eigenvalue weighted by molar-refractivity contribution is 7.97. The molecule has 2 saturated heterocycles. The van der Waals surface area contributed by atoms with E-state index in [-0.39, 0.29) is 17.9 Å². The molecular formula is C27H35N5O3S. The molecule has 2 amide bonds. The number of carbonyl (C=O) groups is 2. The molecule has 0 radical (unpaired) electrons. The van der Waals surface area contributed by atoms with Gasteiger partial charge in [0.15, 0.2) is 0 Å². The van der Waals surface area contributed by atoms with Gasteiger partial charge in [-0.3, -0.25) is 15.1 Å². The molecule has 1 aromatic carbocycles. The molecule has 5 rings (SSSR count). The quantitative estimate of drug-likeness (QED) is 0.579. The van der Waals surface area contributed by atoms with Crippen LogP contribution in [0.2, 0.25) is 0 Å². The standard InChI is InChI=1S/C27H35N5O3S/c1-27(2,3)35-26(34)29-21-5-7-22(8-6-21)36-31-14-9-19(10-15-31)20-11-16-32-24(17-20)23(18-28-32)25(33)30-12-4-13-30/h5-8,11,16-19,23-24H,4,9-10,12-15H2,1-3H3,(H,29,34). The Labute approximate surface area is 217 Å². The van der Waals surface area contributed by atoms with E-state index in [1.54, 1.807) is 11.9 Å². The summed E-state index contributed by atoms with van der Waals surface area (Å²) in [4.78, 5) is 27.9. The summed E-state index contributed by atoms with van der Waals surface area (Å²) in [6.07, 6.45) is 11.1. The number of ether oxygens (including phenoxy) is 1. The van der Waals surface area contributed by atoms with Crippen LogP contribution in [0.15, 0.2) is 58.2 Å². The van der Waals surface area contributed by atoms with E-state index in [9.17, 15) is 9.59 Å². The van der Waals surface area contributed by atoms with E-state index in [2.05, 4.69) is 26.9 Å². The SMILES string of the molecule is CC(C)(C)OC(=O)Nc1ccc(SN2CCC(C3=CC4C(C(=O)N5CCC5)C=NN4C=C3)CC2)cc1. The maximum Gasteiger partial charge on any atom is 0.412 e. The molecule has 192 valence electrons. The van der Waals surface area contributed by atoms with E-state index in [0.717, 1.165) is 56.0 Å². The Morgan fingerprint density at radius 2 is 1.81 bits per heavy atom. The third-order valence-corrected chi connectivity index (χ3v) is 8.04. The van der Waals surface area contributed by atoms with E-state index >= 15 is 0 Å². The lowest BCUT2D eigenvalue weighted by atomic mass is 9.85. The van der Waals surface area contributed by atoms with Crippen LogP contribution in [0.1, 0.15) is 40.0 Å². The molecule has 4 aliphatic rings. The highest BCUT2D eigenvalue weighted by atomic mass is 32.2. The lowest BCUT2D eigenvalue weighted by Gasteiger charge is -2.36. The van der Waals surface area contributed by atoms with Crippen molar-refractivity contribution in [1.82, 2.24) is 14.2 Å². The first-order valence-electron chi connectivity index (χ1n) is 12.8. The molecule has 0 saturated carbocycles. The number of likely N-dealkylation sites (tertiary alicyclic amines) is 1. The fourth-order valence-electron chi connectivity index (χ4n) is 4.89. The largest absolute Gasteiger partial charge is 0.444 e. The summed E-state index contributed by atoms with van der Waals surface area (Å²) in [5.74, 6) is 0.539. The number of amides is 2. The number of hydrogen-bond acceptors (Lipinski definition) is 7. The third kappa shape index (κ3) is 5.78. The van der Waals surface area contributed by atoms with Gasteiger partial charge in [0.05, 0.1) is 6.04 Å². The van der Waals surface area contributed by atoms with E-state index in [1.165, 1.54) is 5.57 Å². The molecule has 0 bridgehead atoms. The fraction of sp³-hybridized carbons (Fsp3) is 0.519. The second-order valence-electron chi connectivity index (χ2n) is 10.8. The van der Waals surface area contributed by atoms with Crippen LogP contribution in [0.25, 0.3) is 0 Å². The lowest BCUT2D eigenvalue weighted by molar-refractivity contribution is -0.137. The van der Waals surface area contributed by atoms with Gasteiger partial charge >= 0.3 is 6.09 Å². The van der Waals surface area contributed by atoms with Crippen LogP contribution in [-0.2, 0) is 9.53 Å². The van der Waals surface area contributed by atoms with Crippen molar-refractivity contribution in [3.63, 3.8) is 0 Å². The Morgan fingerprint density at radius 1 is 1.08 bits per heavy atom. The Bertz CT molecular complexity index is 1070. The summed E-state index contributed by atoms with van der Waals surface area (Å²) < 4.78 is 7.71. The average molecular weight is 510 g/mol. The summed E-state index contributed by atoms with van der Waals surface area (Å²) >= 11 is 1.76. The molecule has 36 heavy (non-hydrogen) atoms. The zero-order chi connectivity index (χ0) is 25.3. The number of nitrogens with zero attached hydrogens (tertiary/aromatic N) is 4. The third-order valence-electron chi connectivity index (χ3n) is 6.93. The van der Waals surface area contributed by atoms with Crippen molar-refractivity contribution in [3.05, 3.63) is 48.2 Å². The van der Waals surface area contributed by atoms with Crippen LogP contribution >= 0.6 is 11.9 Å². The summed E-state index contributed by atoms with van der Waals surface area (Å²) in [5, 5.41) is 9.17. The molecule has 4 heterocycles. The lowest BCUT2D eigenvalue weighted by Crippen LogP contribution is -2.48. The molecule has 2 fully saturated rings. The smallest absolute Gasteiger partial charge is 0.412 e. The molecule has 2 unspecified atom stereocenters. The van der Waals surface area contributed by atoms with E-state index < -0.39 is 11.7 Å². The average Bonchev–Trinajstić information content (AvgIpc) is 3.22. The molecular weight excluding hydrogens is 474 g/mol. The number of hydrazone groups is 1. The highest BCUT2D eigenvalue weighted by Crippen LogP contribution is 2.36. The van der Waals surface area contributed by atoms with Gasteiger partial charge in [-0.15, -0.1) is 0 Å². The maximum absolute atomic E-state index is 12.8. The first-order chi connectivity index (χ1) is 17.2. The Kier molecular flexibility index (Phi) is 7.12. The van der Waals surface area contributed by atoms with Crippen LogP contribution in [-0.4, -0.2) is 70.3 Å². The van der Waals surface area contributed by atoms with Gasteiger partial charge in [0.1, 0.15) is 11.5 Å². The Morgan fingerprint density at radius 3 is 2.44 bits per heavy atom. The van der Waals surface area contributed by atoms with Gasteiger partial charge in [-0.2, -0.15) is 5.10 Å². The number of nitrogens with one attached hydrogen (secondary N) is 1. The van der Waals surface area contributed by atoms with Crippen molar-refractivity contribution in [2.75, 3.05) is 31.5 Å². The van der Waals surface area contributed by atoms with Gasteiger partial charge in [0.25, 0.3) is 0 Å². The summed E-state index contributed by atoms with van der Waals surface area (Å²) in [7, 11) is 0. The van der Waals surface area contributed by atoms with Crippen LogP contribution in [0.4, 0.5) is 10.5 Å². The number of allylic oxidation sites excluding steroid dienone is 2. The number of piperidine rings is 1. The number of benzene rings is 1. The molecule has 2 atom stereocenters. The summed E-state index contributed by atoms with van der Waals surface area (Å²) in [6.45, 7) is 9.30. The van der Waals surface area contributed by atoms with Crippen molar-refractivity contribution < 1.29 is 14.3 Å². The highest BCUT2D eigenvalue weighted by Gasteiger charge is 2.39. The van der Waals surface area contributed by atoms with Crippen molar-refractivity contribution in [1.29, 1.82) is 0 Å². The fourth-order valence-corrected chi connectivity index (χ4v) is 5.84. The number of carbonyl (C=O) groups excluding carboxylic acids is 2. The van der Waals surface area contributed by atoms with E-state index in [1.807, 2.05) is 67.4 Å².